The van der Waals surface area contributed by atoms with Crippen LogP contribution in [-0.2, 0) is 4.79 Å². The number of likely N-dealkylation sites (N-methyl/N-ethyl adjacent to an activating group) is 1. The predicted octanol–water partition coefficient (Wildman–Crippen LogP) is 3.57. The molecule has 2 rings (SSSR count). The molecule has 22 heavy (non-hydrogen) atoms. The van der Waals surface area contributed by atoms with Crippen molar-refractivity contribution >= 4 is 29.0 Å². The second-order valence-corrected chi connectivity index (χ2v) is 7.19. The Labute approximate surface area is 140 Å². The molecule has 1 heterocycles. The summed E-state index contributed by atoms with van der Waals surface area (Å²) < 4.78 is 0. The standard InChI is InChI=1S/C17H22N2OS2/c1-13-6-4-5-7-16(13)22-12-17(20)18-10-15(19(2)3)14-8-9-21-11-14/h4-9,11,15H,10,12H2,1-3H3,(H,18,20). The molecule has 0 aliphatic rings. The van der Waals surface area contributed by atoms with Crippen LogP contribution < -0.4 is 5.32 Å². The molecule has 0 bridgehead atoms. The number of aryl methyl sites for hydroxylation is 1. The monoisotopic (exact) mass is 334 g/mol. The number of amides is 1. The predicted molar refractivity (Wildman–Crippen MR) is 95.7 cm³/mol. The maximum absolute atomic E-state index is 12.1. The van der Waals surface area contributed by atoms with Gasteiger partial charge in [0.2, 0.25) is 5.91 Å². The van der Waals surface area contributed by atoms with Gasteiger partial charge >= 0.3 is 0 Å². The average molecular weight is 335 g/mol. The number of thioether (sulfide) groups is 1. The van der Waals surface area contributed by atoms with Gasteiger partial charge < -0.3 is 10.2 Å². The van der Waals surface area contributed by atoms with Crippen molar-refractivity contribution in [1.29, 1.82) is 0 Å². The molecule has 3 nitrogen and oxygen atoms in total. The van der Waals surface area contributed by atoms with E-state index in [0.29, 0.717) is 12.3 Å². The second kappa shape index (κ2) is 8.36. The van der Waals surface area contributed by atoms with Crippen molar-refractivity contribution in [3.63, 3.8) is 0 Å². The number of nitrogens with zero attached hydrogens (tertiary/aromatic N) is 1. The summed E-state index contributed by atoms with van der Waals surface area (Å²) in [7, 11) is 4.08. The minimum Gasteiger partial charge on any atom is -0.353 e. The molecular formula is C17H22N2OS2. The van der Waals surface area contributed by atoms with Crippen LogP contribution in [0.1, 0.15) is 17.2 Å². The summed E-state index contributed by atoms with van der Waals surface area (Å²) >= 11 is 3.27. The number of carbonyl (C=O) groups excluding carboxylic acids is 1. The third kappa shape index (κ3) is 4.87. The fourth-order valence-corrected chi connectivity index (χ4v) is 3.75. The highest BCUT2D eigenvalue weighted by molar-refractivity contribution is 8.00. The number of carbonyl (C=O) groups is 1. The SMILES string of the molecule is Cc1ccccc1SCC(=O)NCC(c1ccsc1)N(C)C. The molecule has 0 spiro atoms. The normalized spacial score (nSPS) is 12.4. The zero-order chi connectivity index (χ0) is 15.9. The first-order chi connectivity index (χ1) is 10.6. The van der Waals surface area contributed by atoms with Gasteiger partial charge in [-0.25, -0.2) is 0 Å². The number of thiophene rings is 1. The zero-order valence-corrected chi connectivity index (χ0v) is 14.8. The van der Waals surface area contributed by atoms with Crippen LogP contribution in [0.5, 0.6) is 0 Å². The second-order valence-electron chi connectivity index (χ2n) is 5.39. The lowest BCUT2D eigenvalue weighted by Gasteiger charge is -2.24. The quantitative estimate of drug-likeness (QED) is 0.786. The Balaban J connectivity index is 1.83. The molecule has 1 N–H and O–H groups in total. The molecule has 0 saturated carbocycles. The Kier molecular flexibility index (Phi) is 6.49. The largest absolute Gasteiger partial charge is 0.353 e. The molecule has 1 atom stereocenters. The zero-order valence-electron chi connectivity index (χ0n) is 13.2. The summed E-state index contributed by atoms with van der Waals surface area (Å²) in [6.45, 7) is 2.70. The molecule has 1 unspecified atom stereocenters. The summed E-state index contributed by atoms with van der Waals surface area (Å²) in [5.41, 5.74) is 2.46. The fourth-order valence-electron chi connectivity index (χ4n) is 2.19. The van der Waals surface area contributed by atoms with Crippen LogP contribution in [0.25, 0.3) is 0 Å². The molecule has 1 aromatic heterocycles. The van der Waals surface area contributed by atoms with E-state index in [2.05, 4.69) is 46.1 Å². The van der Waals surface area contributed by atoms with Crippen LogP contribution in [0.15, 0.2) is 46.0 Å². The molecule has 0 aliphatic heterocycles. The molecule has 0 radical (unpaired) electrons. The van der Waals surface area contributed by atoms with Crippen molar-refractivity contribution in [2.45, 2.75) is 17.9 Å². The molecule has 5 heteroatoms. The number of nitrogens with one attached hydrogen (secondary N) is 1. The van der Waals surface area contributed by atoms with Gasteiger partial charge in [-0.1, -0.05) is 18.2 Å². The minimum absolute atomic E-state index is 0.0790. The Bertz CT molecular complexity index is 596. The minimum atomic E-state index is 0.0790. The number of hydrogen-bond donors (Lipinski definition) is 1. The number of hydrogen-bond acceptors (Lipinski definition) is 4. The van der Waals surface area contributed by atoms with Crippen molar-refractivity contribution < 1.29 is 4.79 Å². The van der Waals surface area contributed by atoms with Gasteiger partial charge in [-0.05, 0) is 55.0 Å². The number of rotatable bonds is 7. The molecule has 1 aromatic carbocycles. The summed E-state index contributed by atoms with van der Waals surface area (Å²) in [5.74, 6) is 0.532. The molecule has 1 amide bonds. The van der Waals surface area contributed by atoms with Crippen LogP contribution in [0.3, 0.4) is 0 Å². The van der Waals surface area contributed by atoms with Crippen molar-refractivity contribution in [2.24, 2.45) is 0 Å². The molecule has 118 valence electrons. The third-order valence-corrected chi connectivity index (χ3v) is 5.37. The van der Waals surface area contributed by atoms with Gasteiger partial charge in [0.1, 0.15) is 0 Å². The van der Waals surface area contributed by atoms with E-state index in [1.54, 1.807) is 23.1 Å². The van der Waals surface area contributed by atoms with Crippen molar-refractivity contribution in [1.82, 2.24) is 10.2 Å². The summed E-state index contributed by atoms with van der Waals surface area (Å²) in [6.07, 6.45) is 0. The van der Waals surface area contributed by atoms with Crippen LogP contribution in [0, 0.1) is 6.92 Å². The van der Waals surface area contributed by atoms with Gasteiger partial charge in [-0.2, -0.15) is 11.3 Å². The first-order valence-electron chi connectivity index (χ1n) is 7.21. The summed E-state index contributed by atoms with van der Waals surface area (Å²) in [6, 6.07) is 10.5. The van der Waals surface area contributed by atoms with Gasteiger partial charge in [0.15, 0.2) is 0 Å². The molecule has 0 fully saturated rings. The van der Waals surface area contributed by atoms with E-state index in [4.69, 9.17) is 0 Å². The maximum Gasteiger partial charge on any atom is 0.230 e. The highest BCUT2D eigenvalue weighted by Crippen LogP contribution is 2.22. The van der Waals surface area contributed by atoms with Crippen LogP contribution >= 0.6 is 23.1 Å². The van der Waals surface area contributed by atoms with E-state index in [1.165, 1.54) is 16.0 Å². The maximum atomic E-state index is 12.1. The van der Waals surface area contributed by atoms with Gasteiger partial charge in [0, 0.05) is 11.4 Å². The van der Waals surface area contributed by atoms with Crippen molar-refractivity contribution in [3.05, 3.63) is 52.2 Å². The Morgan fingerprint density at radius 1 is 1.32 bits per heavy atom. The van der Waals surface area contributed by atoms with Gasteiger partial charge in [-0.15, -0.1) is 11.8 Å². The highest BCUT2D eigenvalue weighted by atomic mass is 32.2. The molecule has 0 aliphatic carbocycles. The fraction of sp³-hybridized carbons (Fsp3) is 0.353. The van der Waals surface area contributed by atoms with E-state index in [0.717, 1.165) is 0 Å². The topological polar surface area (TPSA) is 32.3 Å². The average Bonchev–Trinajstić information content (AvgIpc) is 3.00. The van der Waals surface area contributed by atoms with Gasteiger partial charge in [0.25, 0.3) is 0 Å². The molecule has 0 saturated heterocycles. The van der Waals surface area contributed by atoms with Crippen molar-refractivity contribution in [2.75, 3.05) is 26.4 Å². The molecular weight excluding hydrogens is 312 g/mol. The summed E-state index contributed by atoms with van der Waals surface area (Å²) in [4.78, 5) is 15.4. The lowest BCUT2D eigenvalue weighted by molar-refractivity contribution is -0.118. The van der Waals surface area contributed by atoms with Crippen molar-refractivity contribution in [3.8, 4) is 0 Å². The van der Waals surface area contributed by atoms with E-state index < -0.39 is 0 Å². The van der Waals surface area contributed by atoms with Crippen LogP contribution in [0.4, 0.5) is 0 Å². The van der Waals surface area contributed by atoms with Crippen LogP contribution in [0.2, 0.25) is 0 Å². The van der Waals surface area contributed by atoms with Crippen LogP contribution in [-0.4, -0.2) is 37.2 Å². The Morgan fingerprint density at radius 2 is 2.09 bits per heavy atom. The lowest BCUT2D eigenvalue weighted by atomic mass is 10.1. The van der Waals surface area contributed by atoms with Gasteiger partial charge in [-0.3, -0.25) is 4.79 Å². The van der Waals surface area contributed by atoms with E-state index in [-0.39, 0.29) is 11.9 Å². The Hall–Kier alpha value is -1.30. The Morgan fingerprint density at radius 3 is 2.73 bits per heavy atom. The first kappa shape index (κ1) is 17.1. The molecule has 2 aromatic rings. The van der Waals surface area contributed by atoms with E-state index in [9.17, 15) is 4.79 Å². The lowest BCUT2D eigenvalue weighted by Crippen LogP contribution is -2.35. The van der Waals surface area contributed by atoms with E-state index in [1.807, 2.05) is 26.2 Å². The third-order valence-electron chi connectivity index (χ3n) is 3.50. The first-order valence-corrected chi connectivity index (χ1v) is 9.14. The smallest absolute Gasteiger partial charge is 0.230 e. The number of benzene rings is 1. The van der Waals surface area contributed by atoms with E-state index >= 15 is 0 Å². The van der Waals surface area contributed by atoms with Gasteiger partial charge in [0.05, 0.1) is 11.8 Å². The highest BCUT2D eigenvalue weighted by Gasteiger charge is 2.15. The summed E-state index contributed by atoms with van der Waals surface area (Å²) in [5, 5.41) is 7.25.